The van der Waals surface area contributed by atoms with E-state index in [0.29, 0.717) is 6.54 Å². The van der Waals surface area contributed by atoms with Gasteiger partial charge in [0.25, 0.3) is 5.69 Å². The number of unbranched alkanes of at least 4 members (excludes halogenated alkanes) is 1. The lowest BCUT2D eigenvalue weighted by molar-refractivity contribution is -0.384. The summed E-state index contributed by atoms with van der Waals surface area (Å²) in [6.45, 7) is 3.40. The molecule has 0 fully saturated rings. The zero-order chi connectivity index (χ0) is 12.0. The van der Waals surface area contributed by atoms with Crippen molar-refractivity contribution in [2.75, 3.05) is 18.4 Å². The fraction of sp³-hybridized carbons (Fsp3) is 0.455. The fourth-order valence-corrected chi connectivity index (χ4v) is 1.45. The van der Waals surface area contributed by atoms with Gasteiger partial charge in [-0.3, -0.25) is 10.1 Å². The monoisotopic (exact) mass is 223 g/mol. The average molecular weight is 223 g/mol. The van der Waals surface area contributed by atoms with Crippen molar-refractivity contribution in [3.05, 3.63) is 33.9 Å². The van der Waals surface area contributed by atoms with Gasteiger partial charge in [0.05, 0.1) is 4.92 Å². The third-order valence-electron chi connectivity index (χ3n) is 2.37. The first-order valence-electron chi connectivity index (χ1n) is 5.34. The molecule has 0 aliphatic carbocycles. The van der Waals surface area contributed by atoms with Gasteiger partial charge in [0.2, 0.25) is 0 Å². The molecule has 88 valence electrons. The minimum absolute atomic E-state index is 0.130. The van der Waals surface area contributed by atoms with Crippen LogP contribution in [0.4, 0.5) is 11.4 Å². The summed E-state index contributed by atoms with van der Waals surface area (Å²) >= 11 is 0. The van der Waals surface area contributed by atoms with Gasteiger partial charge in [-0.15, -0.1) is 0 Å². The van der Waals surface area contributed by atoms with Crippen LogP contribution in [-0.2, 0) is 0 Å². The highest BCUT2D eigenvalue weighted by Gasteiger charge is 2.07. The summed E-state index contributed by atoms with van der Waals surface area (Å²) < 4.78 is 0. The van der Waals surface area contributed by atoms with E-state index in [1.807, 2.05) is 6.92 Å². The van der Waals surface area contributed by atoms with Crippen LogP contribution in [-0.4, -0.2) is 18.0 Å². The maximum atomic E-state index is 10.5. The Bertz CT molecular complexity index is 366. The first-order chi connectivity index (χ1) is 7.65. The molecule has 16 heavy (non-hydrogen) atoms. The molecule has 0 atom stereocenters. The summed E-state index contributed by atoms with van der Waals surface area (Å²) in [5.41, 5.74) is 7.36. The molecular weight excluding hydrogens is 206 g/mol. The van der Waals surface area contributed by atoms with Crippen molar-refractivity contribution in [2.24, 2.45) is 5.73 Å². The lowest BCUT2D eigenvalue weighted by atomic mass is 10.1. The topological polar surface area (TPSA) is 81.2 Å². The molecule has 0 bridgehead atoms. The minimum Gasteiger partial charge on any atom is -0.385 e. The van der Waals surface area contributed by atoms with Crippen LogP contribution in [0.3, 0.4) is 0 Å². The van der Waals surface area contributed by atoms with E-state index < -0.39 is 0 Å². The number of nitrogens with two attached hydrogens (primary N) is 1. The lowest BCUT2D eigenvalue weighted by Crippen LogP contribution is -2.06. The highest BCUT2D eigenvalue weighted by atomic mass is 16.6. The van der Waals surface area contributed by atoms with Crippen LogP contribution >= 0.6 is 0 Å². The number of nitrogens with zero attached hydrogens (tertiary/aromatic N) is 1. The lowest BCUT2D eigenvalue weighted by Gasteiger charge is -2.08. The fourth-order valence-electron chi connectivity index (χ4n) is 1.45. The standard InChI is InChI=1S/C11H17N3O2/c1-9-8-10(14(15)16)4-5-11(9)13-7-3-2-6-12/h4-5,8,13H,2-3,6-7,12H2,1H3. The van der Waals surface area contributed by atoms with Crippen LogP contribution in [0.2, 0.25) is 0 Å². The Morgan fingerprint density at radius 3 is 2.75 bits per heavy atom. The van der Waals surface area contributed by atoms with Gasteiger partial charge in [0, 0.05) is 24.4 Å². The Morgan fingerprint density at radius 2 is 2.19 bits per heavy atom. The SMILES string of the molecule is Cc1cc([N+](=O)[O-])ccc1NCCCCN. The van der Waals surface area contributed by atoms with E-state index in [2.05, 4.69) is 5.32 Å². The predicted molar refractivity (Wildman–Crippen MR) is 64.6 cm³/mol. The minimum atomic E-state index is -0.384. The number of nitro groups is 1. The molecule has 0 heterocycles. The second kappa shape index (κ2) is 6.07. The highest BCUT2D eigenvalue weighted by Crippen LogP contribution is 2.20. The number of benzene rings is 1. The Hall–Kier alpha value is -1.62. The Balaban J connectivity index is 2.57. The van der Waals surface area contributed by atoms with Crippen molar-refractivity contribution in [1.29, 1.82) is 0 Å². The molecule has 0 radical (unpaired) electrons. The van der Waals surface area contributed by atoms with Crippen molar-refractivity contribution in [2.45, 2.75) is 19.8 Å². The van der Waals surface area contributed by atoms with Crippen molar-refractivity contribution in [1.82, 2.24) is 0 Å². The summed E-state index contributed by atoms with van der Waals surface area (Å²) in [6, 6.07) is 4.83. The number of aryl methyl sites for hydroxylation is 1. The summed E-state index contributed by atoms with van der Waals surface area (Å²) in [6.07, 6.45) is 1.99. The van der Waals surface area contributed by atoms with Crippen LogP contribution in [0, 0.1) is 17.0 Å². The van der Waals surface area contributed by atoms with Gasteiger partial charge in [-0.25, -0.2) is 0 Å². The second-order valence-corrected chi connectivity index (χ2v) is 3.68. The number of nitrogens with one attached hydrogen (secondary N) is 1. The van der Waals surface area contributed by atoms with E-state index >= 15 is 0 Å². The van der Waals surface area contributed by atoms with Gasteiger partial charge in [-0.2, -0.15) is 0 Å². The number of hydrogen-bond acceptors (Lipinski definition) is 4. The zero-order valence-corrected chi connectivity index (χ0v) is 9.40. The first-order valence-corrected chi connectivity index (χ1v) is 5.34. The molecule has 0 spiro atoms. The molecule has 1 aromatic rings. The molecule has 0 aromatic heterocycles. The predicted octanol–water partition coefficient (Wildman–Crippen LogP) is 2.05. The molecule has 0 saturated carbocycles. The first kappa shape index (κ1) is 12.4. The summed E-state index contributed by atoms with van der Waals surface area (Å²) in [7, 11) is 0. The number of nitro benzene ring substituents is 1. The molecular formula is C11H17N3O2. The van der Waals surface area contributed by atoms with Crippen LogP contribution in [0.25, 0.3) is 0 Å². The van der Waals surface area contributed by atoms with E-state index in [1.165, 1.54) is 6.07 Å². The van der Waals surface area contributed by atoms with Crippen LogP contribution in [0.15, 0.2) is 18.2 Å². The van der Waals surface area contributed by atoms with Crippen molar-refractivity contribution in [3.8, 4) is 0 Å². The average Bonchev–Trinajstić information content (AvgIpc) is 2.26. The largest absolute Gasteiger partial charge is 0.385 e. The van der Waals surface area contributed by atoms with E-state index in [1.54, 1.807) is 12.1 Å². The number of rotatable bonds is 6. The quantitative estimate of drug-likeness (QED) is 0.439. The molecule has 3 N–H and O–H groups in total. The summed E-state index contributed by atoms with van der Waals surface area (Å²) in [5, 5.41) is 13.8. The maximum absolute atomic E-state index is 10.5. The Labute approximate surface area is 94.8 Å². The summed E-state index contributed by atoms with van der Waals surface area (Å²) in [4.78, 5) is 10.2. The van der Waals surface area contributed by atoms with Gasteiger partial charge in [0.1, 0.15) is 0 Å². The van der Waals surface area contributed by atoms with Gasteiger partial charge in [-0.05, 0) is 37.9 Å². The maximum Gasteiger partial charge on any atom is 0.269 e. The zero-order valence-electron chi connectivity index (χ0n) is 9.40. The van der Waals surface area contributed by atoms with Gasteiger partial charge >= 0.3 is 0 Å². The number of hydrogen-bond donors (Lipinski definition) is 2. The molecule has 1 aromatic carbocycles. The molecule has 5 heteroatoms. The van der Waals surface area contributed by atoms with Crippen LogP contribution < -0.4 is 11.1 Å². The number of non-ortho nitro benzene ring substituents is 1. The molecule has 0 saturated heterocycles. The molecule has 1 rings (SSSR count). The Kier molecular flexibility index (Phi) is 4.72. The van der Waals surface area contributed by atoms with Gasteiger partial charge in [0.15, 0.2) is 0 Å². The second-order valence-electron chi connectivity index (χ2n) is 3.68. The molecule has 5 nitrogen and oxygen atoms in total. The molecule has 0 amide bonds. The smallest absolute Gasteiger partial charge is 0.269 e. The van der Waals surface area contributed by atoms with E-state index in [4.69, 9.17) is 5.73 Å². The van der Waals surface area contributed by atoms with Crippen molar-refractivity contribution >= 4 is 11.4 Å². The van der Waals surface area contributed by atoms with Gasteiger partial charge in [-0.1, -0.05) is 0 Å². The van der Waals surface area contributed by atoms with Crippen LogP contribution in [0.1, 0.15) is 18.4 Å². The molecule has 0 unspecified atom stereocenters. The molecule has 0 aliphatic rings. The number of anilines is 1. The third-order valence-corrected chi connectivity index (χ3v) is 2.37. The van der Waals surface area contributed by atoms with E-state index in [9.17, 15) is 10.1 Å². The van der Waals surface area contributed by atoms with Crippen molar-refractivity contribution < 1.29 is 4.92 Å². The summed E-state index contributed by atoms with van der Waals surface area (Å²) in [5.74, 6) is 0. The highest BCUT2D eigenvalue weighted by molar-refractivity contribution is 5.55. The van der Waals surface area contributed by atoms with E-state index in [-0.39, 0.29) is 10.6 Å². The Morgan fingerprint density at radius 1 is 1.44 bits per heavy atom. The normalized spacial score (nSPS) is 10.1. The van der Waals surface area contributed by atoms with Crippen LogP contribution in [0.5, 0.6) is 0 Å². The van der Waals surface area contributed by atoms with Crippen molar-refractivity contribution in [3.63, 3.8) is 0 Å². The van der Waals surface area contributed by atoms with Gasteiger partial charge < -0.3 is 11.1 Å². The molecule has 0 aliphatic heterocycles. The third kappa shape index (κ3) is 3.51. The van der Waals surface area contributed by atoms with E-state index in [0.717, 1.165) is 30.6 Å².